The fraction of sp³-hybridized carbons (Fsp3) is 0.571. The van der Waals surface area contributed by atoms with Crippen LogP contribution in [0.15, 0.2) is 12.4 Å². The molecule has 2 heterocycles. The number of hydrogen-bond donors (Lipinski definition) is 0. The van der Waals surface area contributed by atoms with Gasteiger partial charge in [0, 0.05) is 19.4 Å². The van der Waals surface area contributed by atoms with Crippen LogP contribution in [0.1, 0.15) is 50.1 Å². The SMILES string of the molecule is CCOC(=O)c1nnn(C(CC)CC)c1-c1nccn1C. The van der Waals surface area contributed by atoms with Crippen LogP contribution in [0, 0.1) is 0 Å². The Morgan fingerprint density at radius 3 is 2.57 bits per heavy atom. The van der Waals surface area contributed by atoms with E-state index in [4.69, 9.17) is 4.74 Å². The predicted octanol–water partition coefficient (Wildman–Crippen LogP) is 2.22. The van der Waals surface area contributed by atoms with Crippen LogP contribution < -0.4 is 0 Å². The molecule has 7 nitrogen and oxygen atoms in total. The maximum absolute atomic E-state index is 12.1. The minimum Gasteiger partial charge on any atom is -0.461 e. The van der Waals surface area contributed by atoms with Crippen LogP contribution in [0.3, 0.4) is 0 Å². The average molecular weight is 291 g/mol. The predicted molar refractivity (Wildman–Crippen MR) is 77.8 cm³/mol. The number of imidazole rings is 1. The van der Waals surface area contributed by atoms with Crippen molar-refractivity contribution < 1.29 is 9.53 Å². The van der Waals surface area contributed by atoms with Crippen molar-refractivity contribution in [3.63, 3.8) is 0 Å². The second-order valence-electron chi connectivity index (χ2n) is 4.78. The Kier molecular flexibility index (Phi) is 4.72. The molecule has 0 N–H and O–H groups in total. The molecule has 0 unspecified atom stereocenters. The van der Waals surface area contributed by atoms with Crippen molar-refractivity contribution in [2.24, 2.45) is 7.05 Å². The van der Waals surface area contributed by atoms with E-state index in [9.17, 15) is 4.79 Å². The normalized spacial score (nSPS) is 11.1. The van der Waals surface area contributed by atoms with E-state index in [2.05, 4.69) is 29.1 Å². The van der Waals surface area contributed by atoms with Gasteiger partial charge in [0.05, 0.1) is 12.6 Å². The summed E-state index contributed by atoms with van der Waals surface area (Å²) in [5.41, 5.74) is 0.840. The monoisotopic (exact) mass is 291 g/mol. The van der Waals surface area contributed by atoms with Gasteiger partial charge in [-0.3, -0.25) is 0 Å². The van der Waals surface area contributed by atoms with Crippen LogP contribution >= 0.6 is 0 Å². The highest BCUT2D eigenvalue weighted by Crippen LogP contribution is 2.26. The summed E-state index contributed by atoms with van der Waals surface area (Å²) in [6.07, 6.45) is 5.32. The second-order valence-corrected chi connectivity index (χ2v) is 4.78. The highest BCUT2D eigenvalue weighted by Gasteiger charge is 2.27. The molecule has 0 fully saturated rings. The molecule has 21 heavy (non-hydrogen) atoms. The summed E-state index contributed by atoms with van der Waals surface area (Å²) in [6.45, 7) is 6.24. The summed E-state index contributed by atoms with van der Waals surface area (Å²) in [5.74, 6) is 0.197. The Morgan fingerprint density at radius 2 is 2.05 bits per heavy atom. The van der Waals surface area contributed by atoms with Gasteiger partial charge in [-0.25, -0.2) is 14.5 Å². The molecule has 0 amide bonds. The third-order valence-corrected chi connectivity index (χ3v) is 3.48. The number of aryl methyl sites for hydroxylation is 1. The van der Waals surface area contributed by atoms with E-state index in [-0.39, 0.29) is 11.7 Å². The Bertz CT molecular complexity index is 613. The van der Waals surface area contributed by atoms with E-state index in [0.717, 1.165) is 12.8 Å². The van der Waals surface area contributed by atoms with Crippen LogP contribution in [0.2, 0.25) is 0 Å². The number of aromatic nitrogens is 5. The zero-order valence-electron chi connectivity index (χ0n) is 12.9. The topological polar surface area (TPSA) is 74.8 Å². The van der Waals surface area contributed by atoms with Gasteiger partial charge in [-0.2, -0.15) is 0 Å². The van der Waals surface area contributed by atoms with Crippen molar-refractivity contribution in [2.45, 2.75) is 39.7 Å². The lowest BCUT2D eigenvalue weighted by atomic mass is 10.1. The Hall–Kier alpha value is -2.18. The van der Waals surface area contributed by atoms with Gasteiger partial charge in [0.15, 0.2) is 5.82 Å². The number of ether oxygens (including phenoxy) is 1. The Morgan fingerprint density at radius 1 is 1.33 bits per heavy atom. The first-order chi connectivity index (χ1) is 10.1. The van der Waals surface area contributed by atoms with Crippen LogP contribution in [0.25, 0.3) is 11.5 Å². The van der Waals surface area contributed by atoms with Gasteiger partial charge in [0.2, 0.25) is 5.69 Å². The van der Waals surface area contributed by atoms with Crippen molar-refractivity contribution in [2.75, 3.05) is 6.61 Å². The summed E-state index contributed by atoms with van der Waals surface area (Å²) < 4.78 is 8.71. The third kappa shape index (κ3) is 2.81. The lowest BCUT2D eigenvalue weighted by Gasteiger charge is -2.15. The molecule has 2 rings (SSSR count). The van der Waals surface area contributed by atoms with Crippen molar-refractivity contribution in [1.29, 1.82) is 0 Å². The largest absolute Gasteiger partial charge is 0.461 e. The van der Waals surface area contributed by atoms with Gasteiger partial charge in [-0.15, -0.1) is 5.10 Å². The molecule has 114 valence electrons. The van der Waals surface area contributed by atoms with Gasteiger partial charge in [0.1, 0.15) is 5.69 Å². The zero-order valence-corrected chi connectivity index (χ0v) is 12.9. The number of nitrogens with zero attached hydrogens (tertiary/aromatic N) is 5. The van der Waals surface area contributed by atoms with Crippen molar-refractivity contribution >= 4 is 5.97 Å². The minimum atomic E-state index is -0.465. The quantitative estimate of drug-likeness (QED) is 0.763. The fourth-order valence-corrected chi connectivity index (χ4v) is 2.32. The minimum absolute atomic E-state index is 0.173. The molecule has 0 spiro atoms. The average Bonchev–Trinajstić information content (AvgIpc) is 3.06. The first-order valence-corrected chi connectivity index (χ1v) is 7.23. The Balaban J connectivity index is 2.58. The van der Waals surface area contributed by atoms with E-state index in [1.807, 2.05) is 17.8 Å². The summed E-state index contributed by atoms with van der Waals surface area (Å²) in [4.78, 5) is 16.4. The summed E-state index contributed by atoms with van der Waals surface area (Å²) in [6, 6.07) is 0.173. The summed E-state index contributed by atoms with van der Waals surface area (Å²) in [7, 11) is 1.88. The number of hydrogen-bond acceptors (Lipinski definition) is 5. The molecule has 2 aromatic heterocycles. The maximum Gasteiger partial charge on any atom is 0.361 e. The van der Waals surface area contributed by atoms with E-state index in [0.29, 0.717) is 18.1 Å². The van der Waals surface area contributed by atoms with Crippen molar-refractivity contribution in [3.05, 3.63) is 18.1 Å². The fourth-order valence-electron chi connectivity index (χ4n) is 2.32. The van der Waals surface area contributed by atoms with Gasteiger partial charge >= 0.3 is 5.97 Å². The zero-order chi connectivity index (χ0) is 15.4. The van der Waals surface area contributed by atoms with Gasteiger partial charge in [-0.05, 0) is 19.8 Å². The number of carbonyl (C=O) groups is 1. The smallest absolute Gasteiger partial charge is 0.361 e. The first-order valence-electron chi connectivity index (χ1n) is 7.23. The van der Waals surface area contributed by atoms with Crippen LogP contribution in [0.5, 0.6) is 0 Å². The highest BCUT2D eigenvalue weighted by molar-refractivity contribution is 5.93. The van der Waals surface area contributed by atoms with E-state index < -0.39 is 5.97 Å². The van der Waals surface area contributed by atoms with Gasteiger partial charge in [0.25, 0.3) is 0 Å². The Labute approximate surface area is 123 Å². The molecule has 0 aromatic carbocycles. The molecule has 0 aliphatic heterocycles. The molecule has 0 bridgehead atoms. The molecule has 0 radical (unpaired) electrons. The molecule has 0 saturated carbocycles. The molecule has 0 aliphatic carbocycles. The maximum atomic E-state index is 12.1. The molecule has 2 aromatic rings. The van der Waals surface area contributed by atoms with Crippen molar-refractivity contribution in [3.8, 4) is 11.5 Å². The molecular formula is C14H21N5O2. The van der Waals surface area contributed by atoms with E-state index >= 15 is 0 Å². The lowest BCUT2D eigenvalue weighted by Crippen LogP contribution is -2.14. The molecule has 7 heteroatoms. The van der Waals surface area contributed by atoms with Gasteiger partial charge < -0.3 is 9.30 Å². The second kappa shape index (κ2) is 6.51. The standard InChI is InChI=1S/C14H21N5O2/c1-5-10(6-2)19-12(13-15-8-9-18(13)4)11(16-17-19)14(20)21-7-3/h8-10H,5-7H2,1-4H3. The van der Waals surface area contributed by atoms with E-state index in [1.54, 1.807) is 17.8 Å². The van der Waals surface area contributed by atoms with Gasteiger partial charge in [-0.1, -0.05) is 19.1 Å². The lowest BCUT2D eigenvalue weighted by molar-refractivity contribution is 0.0520. The number of rotatable bonds is 6. The van der Waals surface area contributed by atoms with E-state index in [1.165, 1.54) is 0 Å². The van der Waals surface area contributed by atoms with Crippen molar-refractivity contribution in [1.82, 2.24) is 24.5 Å². The first kappa shape index (κ1) is 15.2. The third-order valence-electron chi connectivity index (χ3n) is 3.48. The summed E-state index contributed by atoms with van der Waals surface area (Å²) >= 11 is 0. The summed E-state index contributed by atoms with van der Waals surface area (Å²) in [5, 5.41) is 8.20. The molecule has 0 saturated heterocycles. The van der Waals surface area contributed by atoms with Crippen LogP contribution in [-0.2, 0) is 11.8 Å². The number of esters is 1. The number of carbonyl (C=O) groups excluding carboxylic acids is 1. The van der Waals surface area contributed by atoms with Crippen LogP contribution in [-0.4, -0.2) is 37.1 Å². The molecule has 0 atom stereocenters. The molecule has 0 aliphatic rings. The highest BCUT2D eigenvalue weighted by atomic mass is 16.5. The van der Waals surface area contributed by atoms with Crippen LogP contribution in [0.4, 0.5) is 0 Å². The molecular weight excluding hydrogens is 270 g/mol.